The highest BCUT2D eigenvalue weighted by atomic mass is 16.4. The minimum absolute atomic E-state index is 0.0143. The lowest BCUT2D eigenvalue weighted by Gasteiger charge is -2.60. The number of aliphatic hydroxyl groups excluding tert-OH is 3. The molecule has 4 saturated carbocycles. The monoisotopic (exact) mass is 366 g/mol. The largest absolute Gasteiger partial charge is 0.394 e. The summed E-state index contributed by atoms with van der Waals surface area (Å²) < 4.78 is 0. The van der Waals surface area contributed by atoms with Gasteiger partial charge in [-0.15, -0.1) is 0 Å². The van der Waals surface area contributed by atoms with Gasteiger partial charge in [-0.25, -0.2) is 0 Å². The normalized spacial score (nSPS) is 55.0. The molecule has 148 valence electrons. The van der Waals surface area contributed by atoms with E-state index in [4.69, 9.17) is 0 Å². The molecule has 5 heteroatoms. The molecule has 4 fully saturated rings. The third-order valence-corrected chi connectivity index (χ3v) is 9.27. The van der Waals surface area contributed by atoms with Gasteiger partial charge in [-0.2, -0.15) is 0 Å². The predicted molar refractivity (Wildman–Crippen MR) is 96.2 cm³/mol. The van der Waals surface area contributed by atoms with Crippen LogP contribution in [0.5, 0.6) is 0 Å². The average Bonchev–Trinajstić information content (AvgIpc) is 2.86. The Hall–Kier alpha value is -0.490. The van der Waals surface area contributed by atoms with Crippen molar-refractivity contribution in [1.29, 1.82) is 0 Å². The second kappa shape index (κ2) is 6.00. The number of hydrogen-bond acceptors (Lipinski definition) is 5. The molecule has 26 heavy (non-hydrogen) atoms. The van der Waals surface area contributed by atoms with E-state index in [0.29, 0.717) is 12.3 Å². The van der Waals surface area contributed by atoms with Gasteiger partial charge in [0.2, 0.25) is 0 Å². The van der Waals surface area contributed by atoms with E-state index in [1.54, 1.807) is 0 Å². The number of Topliss-reactive ketones (excluding diaryl/α,β-unsaturated/α-hetero) is 1. The molecular formula is C21H34O5. The minimum atomic E-state index is -1.38. The number of rotatable bonds is 2. The molecule has 0 aromatic heterocycles. The molecule has 4 aliphatic rings. The molecule has 0 amide bonds. The molecule has 0 aliphatic heterocycles. The van der Waals surface area contributed by atoms with Crippen LogP contribution in [-0.2, 0) is 4.79 Å². The second-order valence-corrected chi connectivity index (χ2v) is 10.2. The molecule has 0 bridgehead atoms. The smallest absolute Gasteiger partial charge is 0.137 e. The molecule has 4 N–H and O–H groups in total. The number of carbonyl (C=O) groups is 1. The highest BCUT2D eigenvalue weighted by molar-refractivity contribution is 5.84. The molecule has 0 radical (unpaired) electrons. The van der Waals surface area contributed by atoms with Crippen molar-refractivity contribution in [2.45, 2.75) is 83.0 Å². The molecule has 0 aromatic rings. The maximum Gasteiger partial charge on any atom is 0.137 e. The third-order valence-electron chi connectivity index (χ3n) is 9.27. The number of ketones is 1. The molecule has 0 unspecified atom stereocenters. The van der Waals surface area contributed by atoms with Gasteiger partial charge in [-0.05, 0) is 68.1 Å². The Morgan fingerprint density at radius 3 is 2.58 bits per heavy atom. The SMILES string of the molecule is C[C@]12CC[C@@H](O)C[C@H]1CC[C@@H]1[C@@H]2C(=O)C[C@@]2(C)[C@H]1CC[C@]2(O)[C@@H](O)CO. The van der Waals surface area contributed by atoms with Crippen LogP contribution >= 0.6 is 0 Å². The van der Waals surface area contributed by atoms with Crippen molar-refractivity contribution in [1.82, 2.24) is 0 Å². The first-order valence-electron chi connectivity index (χ1n) is 10.4. The summed E-state index contributed by atoms with van der Waals surface area (Å²) in [5, 5.41) is 41.2. The van der Waals surface area contributed by atoms with Crippen LogP contribution in [0, 0.1) is 34.5 Å². The Bertz CT molecular complexity index is 593. The molecule has 0 aromatic carbocycles. The van der Waals surface area contributed by atoms with E-state index >= 15 is 0 Å². The van der Waals surface area contributed by atoms with Crippen LogP contribution in [0.2, 0.25) is 0 Å². The third kappa shape index (κ3) is 2.27. The Balaban J connectivity index is 1.69. The van der Waals surface area contributed by atoms with Gasteiger partial charge in [0.15, 0.2) is 0 Å². The van der Waals surface area contributed by atoms with Crippen molar-refractivity contribution in [3.8, 4) is 0 Å². The molecule has 4 rings (SSSR count). The minimum Gasteiger partial charge on any atom is -0.394 e. The van der Waals surface area contributed by atoms with Gasteiger partial charge in [-0.1, -0.05) is 13.8 Å². The van der Waals surface area contributed by atoms with Crippen molar-refractivity contribution in [3.63, 3.8) is 0 Å². The van der Waals surface area contributed by atoms with Crippen molar-refractivity contribution < 1.29 is 25.2 Å². The van der Waals surface area contributed by atoms with E-state index in [1.165, 1.54) is 0 Å². The van der Waals surface area contributed by atoms with Crippen LogP contribution < -0.4 is 0 Å². The van der Waals surface area contributed by atoms with Crippen molar-refractivity contribution in [2.75, 3.05) is 6.61 Å². The fraction of sp³-hybridized carbons (Fsp3) is 0.952. The summed E-state index contributed by atoms with van der Waals surface area (Å²) in [6, 6.07) is 0. The summed E-state index contributed by atoms with van der Waals surface area (Å²) in [6.45, 7) is 3.74. The number of fused-ring (bicyclic) bond motifs is 5. The summed E-state index contributed by atoms with van der Waals surface area (Å²) >= 11 is 0. The van der Waals surface area contributed by atoms with Gasteiger partial charge in [0.25, 0.3) is 0 Å². The van der Waals surface area contributed by atoms with Crippen molar-refractivity contribution in [2.24, 2.45) is 34.5 Å². The zero-order valence-electron chi connectivity index (χ0n) is 16.0. The quantitative estimate of drug-likeness (QED) is 0.596. The maximum absolute atomic E-state index is 13.4. The van der Waals surface area contributed by atoms with Gasteiger partial charge in [-0.3, -0.25) is 4.79 Å². The Morgan fingerprint density at radius 1 is 1.15 bits per heavy atom. The average molecular weight is 366 g/mol. The molecule has 9 atom stereocenters. The summed E-state index contributed by atoms with van der Waals surface area (Å²) in [5.74, 6) is 1.10. The van der Waals surface area contributed by atoms with Crippen LogP contribution in [0.1, 0.15) is 65.2 Å². The molecular weight excluding hydrogens is 332 g/mol. The van der Waals surface area contributed by atoms with Crippen LogP contribution in [0.4, 0.5) is 0 Å². The van der Waals surface area contributed by atoms with Gasteiger partial charge < -0.3 is 20.4 Å². The highest BCUT2D eigenvalue weighted by Gasteiger charge is 2.68. The zero-order chi connectivity index (χ0) is 18.9. The van der Waals surface area contributed by atoms with Crippen LogP contribution in [0.15, 0.2) is 0 Å². The van der Waals surface area contributed by atoms with E-state index < -0.39 is 23.7 Å². The molecule has 0 heterocycles. The second-order valence-electron chi connectivity index (χ2n) is 10.2. The first-order chi connectivity index (χ1) is 12.2. The maximum atomic E-state index is 13.4. The lowest BCUT2D eigenvalue weighted by atomic mass is 9.44. The molecule has 5 nitrogen and oxygen atoms in total. The summed E-state index contributed by atoms with van der Waals surface area (Å²) in [5.41, 5.74) is -2.09. The van der Waals surface area contributed by atoms with E-state index in [9.17, 15) is 25.2 Å². The van der Waals surface area contributed by atoms with Crippen molar-refractivity contribution in [3.05, 3.63) is 0 Å². The Morgan fingerprint density at radius 2 is 1.88 bits per heavy atom. The number of hydrogen-bond donors (Lipinski definition) is 4. The standard InChI is InChI=1S/C21H34O5/c1-19-7-5-13(23)9-12(19)3-4-14-15-6-8-21(26,17(25)11-22)20(15,2)10-16(24)18(14)19/h12-15,17-18,22-23,25-26H,3-11H2,1-2H3/t12-,13-,14+,15+,17+,18-,19+,20+,21+/m1/s1. The molecule has 4 aliphatic carbocycles. The van der Waals surface area contributed by atoms with Gasteiger partial charge >= 0.3 is 0 Å². The number of carbonyl (C=O) groups excluding carboxylic acids is 1. The molecule has 0 spiro atoms. The summed E-state index contributed by atoms with van der Waals surface area (Å²) in [4.78, 5) is 13.4. The highest BCUT2D eigenvalue weighted by Crippen LogP contribution is 2.67. The lowest BCUT2D eigenvalue weighted by Crippen LogP contribution is -2.63. The first kappa shape index (κ1) is 18.9. The Labute approximate surface area is 155 Å². The van der Waals surface area contributed by atoms with Crippen molar-refractivity contribution >= 4 is 5.78 Å². The fourth-order valence-electron chi connectivity index (χ4n) is 7.79. The van der Waals surface area contributed by atoms with E-state index in [0.717, 1.165) is 38.5 Å². The predicted octanol–water partition coefficient (Wildman–Crippen LogP) is 1.65. The zero-order valence-corrected chi connectivity index (χ0v) is 16.0. The number of aliphatic hydroxyl groups is 4. The topological polar surface area (TPSA) is 98.0 Å². The summed E-state index contributed by atoms with van der Waals surface area (Å²) in [7, 11) is 0. The van der Waals surface area contributed by atoms with Crippen LogP contribution in [0.25, 0.3) is 0 Å². The van der Waals surface area contributed by atoms with Crippen LogP contribution in [-0.4, -0.2) is 50.6 Å². The Kier molecular flexibility index (Phi) is 4.35. The molecule has 0 saturated heterocycles. The van der Waals surface area contributed by atoms with Gasteiger partial charge in [0.1, 0.15) is 11.9 Å². The lowest BCUT2D eigenvalue weighted by molar-refractivity contribution is -0.196. The van der Waals surface area contributed by atoms with Crippen LogP contribution in [0.3, 0.4) is 0 Å². The summed E-state index contributed by atoms with van der Waals surface area (Å²) in [6.07, 6.45) is 4.61. The fourth-order valence-corrected chi connectivity index (χ4v) is 7.79. The first-order valence-corrected chi connectivity index (χ1v) is 10.4. The van der Waals surface area contributed by atoms with E-state index in [2.05, 4.69) is 6.92 Å². The van der Waals surface area contributed by atoms with Gasteiger partial charge in [0, 0.05) is 17.8 Å². The van der Waals surface area contributed by atoms with E-state index in [-0.39, 0.29) is 41.5 Å². The van der Waals surface area contributed by atoms with E-state index in [1.807, 2.05) is 6.92 Å². The van der Waals surface area contributed by atoms with Gasteiger partial charge in [0.05, 0.1) is 18.3 Å².